The smallest absolute Gasteiger partial charge is 0.255 e. The lowest BCUT2D eigenvalue weighted by atomic mass is 10.2. The summed E-state index contributed by atoms with van der Waals surface area (Å²) in [5, 5.41) is 7.35. The summed E-state index contributed by atoms with van der Waals surface area (Å²) in [5.41, 5.74) is 2.84. The Kier molecular flexibility index (Phi) is 3.79. The molecule has 122 valence electrons. The van der Waals surface area contributed by atoms with Gasteiger partial charge in [0.05, 0.1) is 5.69 Å². The van der Waals surface area contributed by atoms with Crippen LogP contribution in [0.5, 0.6) is 0 Å². The molecule has 2 aromatic rings. The van der Waals surface area contributed by atoms with E-state index in [2.05, 4.69) is 20.4 Å². The number of anilines is 1. The summed E-state index contributed by atoms with van der Waals surface area (Å²) in [6, 6.07) is 0. The molecule has 0 aliphatic heterocycles. The van der Waals surface area contributed by atoms with Crippen LogP contribution in [-0.2, 0) is 11.2 Å². The van der Waals surface area contributed by atoms with E-state index in [-0.39, 0.29) is 17.4 Å². The molecule has 0 saturated heterocycles. The summed E-state index contributed by atoms with van der Waals surface area (Å²) < 4.78 is 1.51. The number of carbonyl (C=O) groups excluding carboxylic acids is 1. The summed E-state index contributed by atoms with van der Waals surface area (Å²) in [6.07, 6.45) is 2.48. The summed E-state index contributed by atoms with van der Waals surface area (Å²) in [4.78, 5) is 31.5. The van der Waals surface area contributed by atoms with E-state index >= 15 is 0 Å². The lowest BCUT2D eigenvalue weighted by molar-refractivity contribution is -0.117. The molecule has 1 saturated carbocycles. The highest BCUT2D eigenvalue weighted by molar-refractivity contribution is 5.94. The molecule has 0 spiro atoms. The number of hydrogen-bond acceptors (Lipinski definition) is 4. The van der Waals surface area contributed by atoms with Crippen LogP contribution in [0.25, 0.3) is 5.95 Å². The number of aromatic nitrogens is 4. The second kappa shape index (κ2) is 5.64. The van der Waals surface area contributed by atoms with Crippen LogP contribution in [0.15, 0.2) is 4.79 Å². The predicted octanol–water partition coefficient (Wildman–Crippen LogP) is 1.79. The Morgan fingerprint density at radius 3 is 2.57 bits per heavy atom. The number of H-pyrrole nitrogens is 1. The van der Waals surface area contributed by atoms with Crippen molar-refractivity contribution in [2.75, 3.05) is 5.32 Å². The number of aryl methyl sites for hydroxylation is 2. The maximum atomic E-state index is 12.2. The SMILES string of the molecule is CCc1c(C)nc(-n2nc(C)c(C)c2NC(=O)C2CC2)[nH]c1=O. The van der Waals surface area contributed by atoms with Crippen molar-refractivity contribution in [1.29, 1.82) is 0 Å². The summed E-state index contributed by atoms with van der Waals surface area (Å²) in [6.45, 7) is 7.49. The number of carbonyl (C=O) groups is 1. The van der Waals surface area contributed by atoms with Crippen molar-refractivity contribution in [2.24, 2.45) is 5.92 Å². The van der Waals surface area contributed by atoms with Gasteiger partial charge in [0, 0.05) is 22.7 Å². The minimum atomic E-state index is -0.166. The highest BCUT2D eigenvalue weighted by Gasteiger charge is 2.31. The van der Waals surface area contributed by atoms with Crippen LogP contribution in [0.4, 0.5) is 5.82 Å². The van der Waals surface area contributed by atoms with Crippen LogP contribution in [0, 0.1) is 26.7 Å². The van der Waals surface area contributed by atoms with Crippen molar-refractivity contribution in [3.05, 3.63) is 32.9 Å². The third kappa shape index (κ3) is 2.78. The molecular weight excluding hydrogens is 294 g/mol. The maximum Gasteiger partial charge on any atom is 0.255 e. The topological polar surface area (TPSA) is 92.7 Å². The number of nitrogens with one attached hydrogen (secondary N) is 2. The van der Waals surface area contributed by atoms with Gasteiger partial charge in [0.25, 0.3) is 5.56 Å². The van der Waals surface area contributed by atoms with Crippen molar-refractivity contribution in [1.82, 2.24) is 19.7 Å². The number of amides is 1. The van der Waals surface area contributed by atoms with Crippen molar-refractivity contribution in [3.63, 3.8) is 0 Å². The van der Waals surface area contributed by atoms with Crippen LogP contribution >= 0.6 is 0 Å². The molecule has 1 fully saturated rings. The maximum absolute atomic E-state index is 12.2. The molecular formula is C16H21N5O2. The zero-order valence-corrected chi connectivity index (χ0v) is 13.9. The standard InChI is InChI=1S/C16H21N5O2/c1-5-12-10(4)17-16(19-15(12)23)21-13(8(2)9(3)20-21)18-14(22)11-6-7-11/h11H,5-7H2,1-4H3,(H,18,22)(H,17,19,23). The van der Waals surface area contributed by atoms with E-state index in [1.165, 1.54) is 4.68 Å². The molecule has 2 aromatic heterocycles. The van der Waals surface area contributed by atoms with E-state index in [0.717, 1.165) is 24.1 Å². The molecule has 0 bridgehead atoms. The average Bonchev–Trinajstić information content (AvgIpc) is 3.30. The van der Waals surface area contributed by atoms with Crippen LogP contribution in [0.1, 0.15) is 42.3 Å². The van der Waals surface area contributed by atoms with Gasteiger partial charge in [-0.3, -0.25) is 14.6 Å². The molecule has 0 unspecified atom stereocenters. The number of rotatable bonds is 4. The van der Waals surface area contributed by atoms with E-state index in [1.807, 2.05) is 27.7 Å². The van der Waals surface area contributed by atoms with Crippen LogP contribution < -0.4 is 10.9 Å². The number of hydrogen-bond donors (Lipinski definition) is 2. The largest absolute Gasteiger partial charge is 0.310 e. The van der Waals surface area contributed by atoms with Gasteiger partial charge in [-0.15, -0.1) is 0 Å². The Morgan fingerprint density at radius 2 is 2.00 bits per heavy atom. The van der Waals surface area contributed by atoms with Gasteiger partial charge >= 0.3 is 0 Å². The first kappa shape index (κ1) is 15.5. The third-order valence-corrected chi connectivity index (χ3v) is 4.31. The van der Waals surface area contributed by atoms with Crippen molar-refractivity contribution in [2.45, 2.75) is 47.0 Å². The first-order valence-corrected chi connectivity index (χ1v) is 7.89. The number of nitrogens with zero attached hydrogens (tertiary/aromatic N) is 3. The van der Waals surface area contributed by atoms with E-state index in [4.69, 9.17) is 0 Å². The molecule has 2 heterocycles. The van der Waals surface area contributed by atoms with Crippen molar-refractivity contribution in [3.8, 4) is 5.95 Å². The van der Waals surface area contributed by atoms with E-state index in [0.29, 0.717) is 29.4 Å². The van der Waals surface area contributed by atoms with Crippen molar-refractivity contribution < 1.29 is 4.79 Å². The van der Waals surface area contributed by atoms with Crippen LogP contribution in [-0.4, -0.2) is 25.7 Å². The molecule has 1 aliphatic rings. The average molecular weight is 315 g/mol. The van der Waals surface area contributed by atoms with Crippen LogP contribution in [0.2, 0.25) is 0 Å². The van der Waals surface area contributed by atoms with Gasteiger partial charge in [-0.25, -0.2) is 4.98 Å². The normalized spacial score (nSPS) is 14.1. The predicted molar refractivity (Wildman–Crippen MR) is 86.9 cm³/mol. The Labute approximate surface area is 134 Å². The fourth-order valence-electron chi connectivity index (χ4n) is 2.58. The van der Waals surface area contributed by atoms with Gasteiger partial charge in [0.1, 0.15) is 5.82 Å². The minimum absolute atomic E-state index is 0.00139. The first-order valence-electron chi connectivity index (χ1n) is 7.89. The van der Waals surface area contributed by atoms with E-state index in [9.17, 15) is 9.59 Å². The molecule has 1 amide bonds. The fraction of sp³-hybridized carbons (Fsp3) is 0.500. The second-order valence-corrected chi connectivity index (χ2v) is 6.04. The van der Waals surface area contributed by atoms with E-state index < -0.39 is 0 Å². The molecule has 2 N–H and O–H groups in total. The Hall–Kier alpha value is -2.44. The molecule has 3 rings (SSSR count). The summed E-state index contributed by atoms with van der Waals surface area (Å²) in [7, 11) is 0. The van der Waals surface area contributed by atoms with Gasteiger partial charge in [-0.1, -0.05) is 6.92 Å². The Balaban J connectivity index is 2.07. The first-order chi connectivity index (χ1) is 10.9. The summed E-state index contributed by atoms with van der Waals surface area (Å²) >= 11 is 0. The number of aromatic amines is 1. The molecule has 7 heteroatoms. The highest BCUT2D eigenvalue weighted by atomic mass is 16.2. The van der Waals surface area contributed by atoms with Gasteiger partial charge in [-0.05, 0) is 40.0 Å². The zero-order chi connectivity index (χ0) is 16.7. The molecule has 23 heavy (non-hydrogen) atoms. The van der Waals surface area contributed by atoms with Gasteiger partial charge in [0.2, 0.25) is 11.9 Å². The second-order valence-electron chi connectivity index (χ2n) is 6.04. The highest BCUT2D eigenvalue weighted by Crippen LogP contribution is 2.31. The quantitative estimate of drug-likeness (QED) is 0.899. The molecule has 7 nitrogen and oxygen atoms in total. The Morgan fingerprint density at radius 1 is 1.30 bits per heavy atom. The van der Waals surface area contributed by atoms with Crippen LogP contribution in [0.3, 0.4) is 0 Å². The molecule has 0 radical (unpaired) electrons. The minimum Gasteiger partial charge on any atom is -0.310 e. The molecule has 0 atom stereocenters. The third-order valence-electron chi connectivity index (χ3n) is 4.31. The fourth-order valence-corrected chi connectivity index (χ4v) is 2.58. The van der Waals surface area contributed by atoms with Gasteiger partial charge < -0.3 is 5.32 Å². The zero-order valence-electron chi connectivity index (χ0n) is 13.9. The summed E-state index contributed by atoms with van der Waals surface area (Å²) in [5.74, 6) is 0.992. The van der Waals surface area contributed by atoms with Gasteiger partial charge in [0.15, 0.2) is 0 Å². The lowest BCUT2D eigenvalue weighted by Gasteiger charge is -2.10. The molecule has 0 aromatic carbocycles. The van der Waals surface area contributed by atoms with E-state index in [1.54, 1.807) is 0 Å². The van der Waals surface area contributed by atoms with Crippen molar-refractivity contribution >= 4 is 11.7 Å². The molecule has 1 aliphatic carbocycles. The lowest BCUT2D eigenvalue weighted by Crippen LogP contribution is -2.22. The monoisotopic (exact) mass is 315 g/mol. The Bertz CT molecular complexity index is 830. The van der Waals surface area contributed by atoms with Gasteiger partial charge in [-0.2, -0.15) is 9.78 Å².